The minimum absolute atomic E-state index is 0.0178. The van der Waals surface area contributed by atoms with Gasteiger partial charge in [0.05, 0.1) is 5.56 Å². The zero-order valence-electron chi connectivity index (χ0n) is 13.7. The molecule has 118 valence electrons. The number of hydrogen-bond donors (Lipinski definition) is 3. The molecule has 0 radical (unpaired) electrons. The standard InChI is InChI=1S/C19H24O3/c1-10(2)13-15(20)11-9-12-18(3,4)7-6-8-19(12,5)14(11)17(22)16(13)21/h9,20-22H,1,6-8H2,2-5H3. The van der Waals surface area contributed by atoms with Crippen LogP contribution in [0.15, 0.2) is 12.2 Å². The molecule has 0 amide bonds. The highest BCUT2D eigenvalue weighted by molar-refractivity contribution is 5.87. The molecule has 3 N–H and O–H groups in total. The van der Waals surface area contributed by atoms with Gasteiger partial charge in [0.25, 0.3) is 0 Å². The smallest absolute Gasteiger partial charge is 0.169 e. The third kappa shape index (κ3) is 1.68. The van der Waals surface area contributed by atoms with Crippen molar-refractivity contribution in [3.05, 3.63) is 28.8 Å². The maximum absolute atomic E-state index is 10.6. The summed E-state index contributed by atoms with van der Waals surface area (Å²) in [6.45, 7) is 12.0. The van der Waals surface area contributed by atoms with Gasteiger partial charge >= 0.3 is 0 Å². The largest absolute Gasteiger partial charge is 0.507 e. The van der Waals surface area contributed by atoms with Crippen molar-refractivity contribution in [3.8, 4) is 17.2 Å². The van der Waals surface area contributed by atoms with E-state index in [-0.39, 0.29) is 33.6 Å². The summed E-state index contributed by atoms with van der Waals surface area (Å²) in [5.74, 6) is -0.350. The number of benzene rings is 1. The van der Waals surface area contributed by atoms with Gasteiger partial charge in [-0.1, -0.05) is 45.4 Å². The zero-order valence-corrected chi connectivity index (χ0v) is 13.7. The van der Waals surface area contributed by atoms with Gasteiger partial charge in [-0.2, -0.15) is 0 Å². The first kappa shape index (κ1) is 15.0. The van der Waals surface area contributed by atoms with E-state index in [4.69, 9.17) is 0 Å². The lowest BCUT2D eigenvalue weighted by Gasteiger charge is -2.44. The monoisotopic (exact) mass is 300 g/mol. The molecule has 1 aromatic carbocycles. The van der Waals surface area contributed by atoms with Gasteiger partial charge in [0.15, 0.2) is 11.5 Å². The van der Waals surface area contributed by atoms with Gasteiger partial charge in [-0.25, -0.2) is 0 Å². The molecule has 22 heavy (non-hydrogen) atoms. The molecule has 0 aliphatic heterocycles. The summed E-state index contributed by atoms with van der Waals surface area (Å²) in [5, 5.41) is 31.6. The Morgan fingerprint density at radius 3 is 2.27 bits per heavy atom. The van der Waals surface area contributed by atoms with Crippen molar-refractivity contribution in [1.29, 1.82) is 0 Å². The summed E-state index contributed by atoms with van der Waals surface area (Å²) < 4.78 is 0. The fourth-order valence-corrected chi connectivity index (χ4v) is 4.49. The van der Waals surface area contributed by atoms with Gasteiger partial charge in [0.1, 0.15) is 5.75 Å². The Balaban J connectivity index is 2.37. The van der Waals surface area contributed by atoms with Gasteiger partial charge in [-0.05, 0) is 30.8 Å². The van der Waals surface area contributed by atoms with Crippen LogP contribution in [-0.2, 0) is 5.41 Å². The minimum atomic E-state index is -0.330. The fourth-order valence-electron chi connectivity index (χ4n) is 4.49. The second-order valence-corrected chi connectivity index (χ2v) is 7.62. The van der Waals surface area contributed by atoms with Crippen molar-refractivity contribution in [2.45, 2.75) is 52.4 Å². The van der Waals surface area contributed by atoms with E-state index >= 15 is 0 Å². The predicted octanol–water partition coefficient (Wildman–Crippen LogP) is 4.70. The maximum atomic E-state index is 10.6. The van der Waals surface area contributed by atoms with E-state index in [0.29, 0.717) is 16.7 Å². The van der Waals surface area contributed by atoms with Crippen LogP contribution < -0.4 is 0 Å². The number of hydrogen-bond acceptors (Lipinski definition) is 3. The molecule has 2 aliphatic rings. The van der Waals surface area contributed by atoms with Crippen LogP contribution in [0.1, 0.15) is 63.6 Å². The molecule has 0 aromatic heterocycles. The van der Waals surface area contributed by atoms with Gasteiger partial charge in [-0.15, -0.1) is 0 Å². The summed E-state index contributed by atoms with van der Waals surface area (Å²) in [5.41, 5.74) is 2.99. The van der Waals surface area contributed by atoms with Gasteiger partial charge < -0.3 is 15.3 Å². The second kappa shape index (κ2) is 4.31. The number of fused-ring (bicyclic) bond motifs is 3. The van der Waals surface area contributed by atoms with Gasteiger partial charge in [0, 0.05) is 16.5 Å². The normalized spacial score (nSPS) is 25.4. The Hall–Kier alpha value is -1.90. The molecule has 0 heterocycles. The summed E-state index contributed by atoms with van der Waals surface area (Å²) >= 11 is 0. The molecule has 3 rings (SSSR count). The third-order valence-corrected chi connectivity index (χ3v) is 5.53. The van der Waals surface area contributed by atoms with E-state index in [1.165, 1.54) is 5.57 Å². The highest BCUT2D eigenvalue weighted by Crippen LogP contribution is 2.62. The van der Waals surface area contributed by atoms with Crippen LogP contribution in [0.25, 0.3) is 11.6 Å². The Morgan fingerprint density at radius 1 is 1.05 bits per heavy atom. The summed E-state index contributed by atoms with van der Waals surface area (Å²) in [7, 11) is 0. The highest BCUT2D eigenvalue weighted by Gasteiger charge is 2.49. The lowest BCUT2D eigenvalue weighted by Crippen LogP contribution is -2.35. The first-order chi connectivity index (χ1) is 10.1. The van der Waals surface area contributed by atoms with Crippen molar-refractivity contribution in [1.82, 2.24) is 0 Å². The topological polar surface area (TPSA) is 60.7 Å². The molecular formula is C19H24O3. The van der Waals surface area contributed by atoms with Crippen LogP contribution in [0.5, 0.6) is 17.2 Å². The number of allylic oxidation sites excluding steroid dienone is 2. The van der Waals surface area contributed by atoms with Crippen molar-refractivity contribution < 1.29 is 15.3 Å². The van der Waals surface area contributed by atoms with Crippen LogP contribution in [0.4, 0.5) is 0 Å². The summed E-state index contributed by atoms with van der Waals surface area (Å²) in [4.78, 5) is 0. The summed E-state index contributed by atoms with van der Waals surface area (Å²) in [6.07, 6.45) is 5.07. The minimum Gasteiger partial charge on any atom is -0.507 e. The highest BCUT2D eigenvalue weighted by atomic mass is 16.3. The van der Waals surface area contributed by atoms with E-state index in [9.17, 15) is 15.3 Å². The van der Waals surface area contributed by atoms with Crippen LogP contribution in [0.3, 0.4) is 0 Å². The Labute approximate surface area is 131 Å². The molecule has 3 nitrogen and oxygen atoms in total. The molecule has 1 saturated carbocycles. The second-order valence-electron chi connectivity index (χ2n) is 7.62. The van der Waals surface area contributed by atoms with Crippen LogP contribution in [0, 0.1) is 5.41 Å². The molecule has 3 heteroatoms. The predicted molar refractivity (Wildman–Crippen MR) is 89.1 cm³/mol. The zero-order chi connectivity index (χ0) is 16.4. The molecule has 1 unspecified atom stereocenters. The number of rotatable bonds is 1. The molecular weight excluding hydrogens is 276 g/mol. The first-order valence-electron chi connectivity index (χ1n) is 7.81. The van der Waals surface area contributed by atoms with E-state index in [2.05, 4.69) is 27.4 Å². The van der Waals surface area contributed by atoms with E-state index in [0.717, 1.165) is 19.3 Å². The average Bonchev–Trinajstić information content (AvgIpc) is 2.71. The van der Waals surface area contributed by atoms with Crippen molar-refractivity contribution in [3.63, 3.8) is 0 Å². The quantitative estimate of drug-likeness (QED) is 0.520. The summed E-state index contributed by atoms with van der Waals surface area (Å²) in [6, 6.07) is 0. The fraction of sp³-hybridized carbons (Fsp3) is 0.474. The molecule has 2 aliphatic carbocycles. The Bertz CT molecular complexity index is 725. The lowest BCUT2D eigenvalue weighted by molar-refractivity contribution is 0.260. The molecule has 1 atom stereocenters. The first-order valence-corrected chi connectivity index (χ1v) is 7.81. The van der Waals surface area contributed by atoms with Gasteiger partial charge in [-0.3, -0.25) is 0 Å². The lowest BCUT2D eigenvalue weighted by atomic mass is 9.60. The Kier molecular flexibility index (Phi) is 2.94. The molecule has 0 bridgehead atoms. The SMILES string of the molecule is C=C(C)c1c(O)c(O)c2c(c1O)C=C1C(C)(C)CCCC12C. The molecule has 0 saturated heterocycles. The van der Waals surface area contributed by atoms with Crippen molar-refractivity contribution in [2.24, 2.45) is 5.41 Å². The number of phenolic OH excluding ortho intramolecular Hbond substituents is 3. The maximum Gasteiger partial charge on any atom is 0.169 e. The third-order valence-electron chi connectivity index (χ3n) is 5.53. The molecule has 1 aromatic rings. The van der Waals surface area contributed by atoms with E-state index in [1.54, 1.807) is 6.92 Å². The molecule has 1 fully saturated rings. The van der Waals surface area contributed by atoms with Crippen LogP contribution in [-0.4, -0.2) is 15.3 Å². The van der Waals surface area contributed by atoms with E-state index in [1.807, 2.05) is 6.08 Å². The van der Waals surface area contributed by atoms with Crippen molar-refractivity contribution >= 4 is 11.6 Å². The van der Waals surface area contributed by atoms with Crippen LogP contribution in [0.2, 0.25) is 0 Å². The number of aromatic hydroxyl groups is 3. The molecule has 0 spiro atoms. The van der Waals surface area contributed by atoms with Gasteiger partial charge in [0.2, 0.25) is 0 Å². The van der Waals surface area contributed by atoms with Crippen molar-refractivity contribution in [2.75, 3.05) is 0 Å². The number of phenols is 3. The van der Waals surface area contributed by atoms with E-state index < -0.39 is 0 Å². The Morgan fingerprint density at radius 2 is 1.68 bits per heavy atom. The average molecular weight is 300 g/mol. The van der Waals surface area contributed by atoms with Crippen LogP contribution >= 0.6 is 0 Å².